The van der Waals surface area contributed by atoms with E-state index in [1.54, 1.807) is 43.4 Å². The second kappa shape index (κ2) is 11.9. The molecule has 6 nitrogen and oxygen atoms in total. The molecule has 8 heteroatoms. The number of hydrogen-bond acceptors (Lipinski definition) is 4. The van der Waals surface area contributed by atoms with E-state index < -0.39 is 0 Å². The number of carbonyl (C=O) groups is 1. The van der Waals surface area contributed by atoms with Crippen LogP contribution in [0.3, 0.4) is 0 Å². The molecule has 0 aliphatic carbocycles. The standard InChI is InChI=1S/C28H31F2N3O3/c1-35-25-12-3-20(19-26(25)36-2)13-14-31-28(34)33-17-15-32(16-18-33)27(21-4-8-23(29)9-5-21)22-6-10-24(30)11-7-22/h3-12,19,27H,13-18H2,1-2H3,(H,31,34). The summed E-state index contributed by atoms with van der Waals surface area (Å²) in [6.45, 7) is 2.90. The Morgan fingerprint density at radius 1 is 0.833 bits per heavy atom. The van der Waals surface area contributed by atoms with Crippen LogP contribution in [0.25, 0.3) is 0 Å². The van der Waals surface area contributed by atoms with E-state index in [1.807, 2.05) is 18.2 Å². The molecule has 190 valence electrons. The third kappa shape index (κ3) is 6.12. The Bertz CT molecular complexity index is 1100. The molecule has 3 aromatic rings. The van der Waals surface area contributed by atoms with Gasteiger partial charge in [-0.1, -0.05) is 30.3 Å². The van der Waals surface area contributed by atoms with Crippen LogP contribution < -0.4 is 14.8 Å². The Balaban J connectivity index is 1.34. The largest absolute Gasteiger partial charge is 0.493 e. The Hall–Kier alpha value is -3.65. The molecule has 0 saturated carbocycles. The summed E-state index contributed by atoms with van der Waals surface area (Å²) in [4.78, 5) is 16.8. The zero-order valence-electron chi connectivity index (χ0n) is 20.5. The normalized spacial score (nSPS) is 14.1. The summed E-state index contributed by atoms with van der Waals surface area (Å²) in [5, 5.41) is 3.00. The van der Waals surface area contributed by atoms with Crippen LogP contribution in [0.4, 0.5) is 13.6 Å². The van der Waals surface area contributed by atoms with Gasteiger partial charge < -0.3 is 19.7 Å². The molecule has 1 heterocycles. The van der Waals surface area contributed by atoms with Crippen LogP contribution in [-0.4, -0.2) is 62.8 Å². The summed E-state index contributed by atoms with van der Waals surface area (Å²) in [6, 6.07) is 18.3. The number of ether oxygens (including phenoxy) is 2. The average molecular weight is 496 g/mol. The number of rotatable bonds is 8. The lowest BCUT2D eigenvalue weighted by Gasteiger charge is -2.39. The summed E-state index contributed by atoms with van der Waals surface area (Å²) < 4.78 is 37.7. The van der Waals surface area contributed by atoms with Gasteiger partial charge in [0.05, 0.1) is 20.3 Å². The number of piperazine rings is 1. The van der Waals surface area contributed by atoms with Crippen molar-refractivity contribution < 1.29 is 23.0 Å². The molecule has 3 aromatic carbocycles. The van der Waals surface area contributed by atoms with Crippen LogP contribution in [-0.2, 0) is 6.42 Å². The highest BCUT2D eigenvalue weighted by Crippen LogP contribution is 2.30. The molecule has 36 heavy (non-hydrogen) atoms. The summed E-state index contributed by atoms with van der Waals surface area (Å²) >= 11 is 0. The van der Waals surface area contributed by atoms with E-state index in [1.165, 1.54) is 24.3 Å². The van der Waals surface area contributed by atoms with E-state index in [4.69, 9.17) is 9.47 Å². The van der Waals surface area contributed by atoms with E-state index in [9.17, 15) is 13.6 Å². The van der Waals surface area contributed by atoms with Crippen molar-refractivity contribution in [2.24, 2.45) is 0 Å². The van der Waals surface area contributed by atoms with E-state index in [-0.39, 0.29) is 23.7 Å². The molecular weight excluding hydrogens is 464 g/mol. The van der Waals surface area contributed by atoms with Gasteiger partial charge in [-0.05, 0) is 59.5 Å². The Morgan fingerprint density at radius 2 is 1.39 bits per heavy atom. The van der Waals surface area contributed by atoms with Crippen molar-refractivity contribution in [1.82, 2.24) is 15.1 Å². The topological polar surface area (TPSA) is 54.0 Å². The first-order valence-electron chi connectivity index (χ1n) is 12.0. The molecule has 0 unspecified atom stereocenters. The zero-order chi connectivity index (χ0) is 25.5. The van der Waals surface area contributed by atoms with Crippen molar-refractivity contribution in [3.05, 3.63) is 95.1 Å². The van der Waals surface area contributed by atoms with Crippen LogP contribution in [0.2, 0.25) is 0 Å². The molecule has 1 fully saturated rings. The number of benzene rings is 3. The maximum Gasteiger partial charge on any atom is 0.317 e. The lowest BCUT2D eigenvalue weighted by atomic mass is 9.96. The van der Waals surface area contributed by atoms with E-state index in [0.29, 0.717) is 50.6 Å². The first kappa shape index (κ1) is 25.4. The number of methoxy groups -OCH3 is 2. The van der Waals surface area contributed by atoms with Gasteiger partial charge in [0.2, 0.25) is 0 Å². The maximum atomic E-state index is 13.5. The van der Waals surface area contributed by atoms with Crippen molar-refractivity contribution in [3.8, 4) is 11.5 Å². The van der Waals surface area contributed by atoms with Crippen molar-refractivity contribution >= 4 is 6.03 Å². The summed E-state index contributed by atoms with van der Waals surface area (Å²) in [5.74, 6) is 0.731. The monoisotopic (exact) mass is 495 g/mol. The quantitative estimate of drug-likeness (QED) is 0.495. The maximum absolute atomic E-state index is 13.5. The highest BCUT2D eigenvalue weighted by atomic mass is 19.1. The molecule has 4 rings (SSSR count). The number of carbonyl (C=O) groups excluding carboxylic acids is 1. The number of urea groups is 1. The molecule has 0 spiro atoms. The van der Waals surface area contributed by atoms with Gasteiger partial charge in [0.25, 0.3) is 0 Å². The molecule has 0 bridgehead atoms. The van der Waals surface area contributed by atoms with Crippen molar-refractivity contribution in [2.75, 3.05) is 46.9 Å². The minimum Gasteiger partial charge on any atom is -0.493 e. The summed E-state index contributed by atoms with van der Waals surface area (Å²) in [7, 11) is 3.19. The number of hydrogen-bond donors (Lipinski definition) is 1. The molecule has 1 aliphatic rings. The van der Waals surface area contributed by atoms with Crippen molar-refractivity contribution in [3.63, 3.8) is 0 Å². The number of halogens is 2. The Morgan fingerprint density at radius 3 is 1.92 bits per heavy atom. The second-order valence-electron chi connectivity index (χ2n) is 8.70. The van der Waals surface area contributed by atoms with Crippen LogP contribution in [0.5, 0.6) is 11.5 Å². The first-order valence-corrected chi connectivity index (χ1v) is 12.0. The molecule has 0 radical (unpaired) electrons. The highest BCUT2D eigenvalue weighted by molar-refractivity contribution is 5.74. The van der Waals surface area contributed by atoms with E-state index in [2.05, 4.69) is 10.2 Å². The molecule has 1 aliphatic heterocycles. The summed E-state index contributed by atoms with van der Waals surface area (Å²) in [6.07, 6.45) is 0.670. The van der Waals surface area contributed by atoms with Gasteiger partial charge in [-0.15, -0.1) is 0 Å². The predicted octanol–water partition coefficient (Wildman–Crippen LogP) is 4.64. The van der Waals surface area contributed by atoms with E-state index in [0.717, 1.165) is 16.7 Å². The predicted molar refractivity (Wildman–Crippen MR) is 134 cm³/mol. The van der Waals surface area contributed by atoms with Crippen LogP contribution in [0.1, 0.15) is 22.7 Å². The van der Waals surface area contributed by atoms with Gasteiger partial charge in [-0.3, -0.25) is 4.90 Å². The fraction of sp³-hybridized carbons (Fsp3) is 0.321. The number of nitrogens with zero attached hydrogens (tertiary/aromatic N) is 2. The highest BCUT2D eigenvalue weighted by Gasteiger charge is 2.28. The van der Waals surface area contributed by atoms with Crippen molar-refractivity contribution in [2.45, 2.75) is 12.5 Å². The molecular formula is C28H31F2N3O3. The SMILES string of the molecule is COc1ccc(CCNC(=O)N2CCN(C(c3ccc(F)cc3)c3ccc(F)cc3)CC2)cc1OC. The lowest BCUT2D eigenvalue weighted by Crippen LogP contribution is -2.52. The lowest BCUT2D eigenvalue weighted by molar-refractivity contribution is 0.120. The molecule has 2 amide bonds. The molecule has 1 saturated heterocycles. The van der Waals surface area contributed by atoms with Crippen molar-refractivity contribution in [1.29, 1.82) is 0 Å². The smallest absolute Gasteiger partial charge is 0.317 e. The first-order chi connectivity index (χ1) is 17.5. The van der Waals surface area contributed by atoms with Crippen LogP contribution >= 0.6 is 0 Å². The van der Waals surface area contributed by atoms with Crippen LogP contribution in [0.15, 0.2) is 66.7 Å². The Kier molecular flexibility index (Phi) is 8.38. The molecule has 1 N–H and O–H groups in total. The van der Waals surface area contributed by atoms with Gasteiger partial charge in [0.1, 0.15) is 11.6 Å². The van der Waals surface area contributed by atoms with Gasteiger partial charge >= 0.3 is 6.03 Å². The van der Waals surface area contributed by atoms with Crippen LogP contribution in [0, 0.1) is 11.6 Å². The molecule has 0 atom stereocenters. The number of nitrogens with one attached hydrogen (secondary N) is 1. The van der Waals surface area contributed by atoms with Gasteiger partial charge in [-0.2, -0.15) is 0 Å². The molecule has 0 aromatic heterocycles. The second-order valence-corrected chi connectivity index (χ2v) is 8.70. The summed E-state index contributed by atoms with van der Waals surface area (Å²) in [5.41, 5.74) is 2.89. The average Bonchev–Trinajstić information content (AvgIpc) is 2.91. The number of amides is 2. The van der Waals surface area contributed by atoms with E-state index >= 15 is 0 Å². The third-order valence-corrected chi connectivity index (χ3v) is 6.48. The minimum atomic E-state index is -0.300. The zero-order valence-corrected chi connectivity index (χ0v) is 20.5. The fourth-order valence-corrected chi connectivity index (χ4v) is 4.55. The third-order valence-electron chi connectivity index (χ3n) is 6.48. The Labute approximate surface area is 210 Å². The fourth-order valence-electron chi connectivity index (χ4n) is 4.55. The minimum absolute atomic E-state index is 0.102. The van der Waals surface area contributed by atoms with Gasteiger partial charge in [-0.25, -0.2) is 13.6 Å². The van der Waals surface area contributed by atoms with Gasteiger partial charge in [0, 0.05) is 32.7 Å². The van der Waals surface area contributed by atoms with Gasteiger partial charge in [0.15, 0.2) is 11.5 Å².